The van der Waals surface area contributed by atoms with Crippen LogP contribution in [0.5, 0.6) is 5.88 Å². The van der Waals surface area contributed by atoms with Gasteiger partial charge in [-0.25, -0.2) is 4.98 Å². The zero-order valence-electron chi connectivity index (χ0n) is 12.1. The van der Waals surface area contributed by atoms with Gasteiger partial charge in [0.1, 0.15) is 18.3 Å². The summed E-state index contributed by atoms with van der Waals surface area (Å²) in [5.74, 6) is -0.238. The molecule has 0 bridgehead atoms. The van der Waals surface area contributed by atoms with Crippen molar-refractivity contribution in [2.75, 3.05) is 19.7 Å². The van der Waals surface area contributed by atoms with Gasteiger partial charge in [0.05, 0.1) is 6.10 Å². The molecule has 1 aliphatic rings. The second kappa shape index (κ2) is 6.19. The van der Waals surface area contributed by atoms with Crippen molar-refractivity contribution < 1.29 is 14.3 Å². The number of amides is 1. The summed E-state index contributed by atoms with van der Waals surface area (Å²) in [6.45, 7) is 7.58. The fourth-order valence-electron chi connectivity index (χ4n) is 2.35. The summed E-state index contributed by atoms with van der Waals surface area (Å²) >= 11 is 0. The van der Waals surface area contributed by atoms with Crippen LogP contribution in [0.2, 0.25) is 0 Å². The number of pyridine rings is 1. The smallest absolute Gasteiger partial charge is 0.254 e. The standard InChI is InChI=1S/C14H21N3O3/c1-8-4-9(2)17-14(12(8)13(15)18)19-7-11-6-16-5-10(3)20-11/h4,10-11,16H,5-7H2,1-3H3,(H2,15,18). The van der Waals surface area contributed by atoms with Gasteiger partial charge >= 0.3 is 0 Å². The molecular weight excluding hydrogens is 258 g/mol. The maximum atomic E-state index is 11.5. The number of ether oxygens (including phenoxy) is 2. The van der Waals surface area contributed by atoms with Crippen LogP contribution < -0.4 is 15.8 Å². The molecule has 1 aliphatic heterocycles. The molecule has 0 radical (unpaired) electrons. The van der Waals surface area contributed by atoms with Gasteiger partial charge in [0.2, 0.25) is 5.88 Å². The maximum Gasteiger partial charge on any atom is 0.254 e. The number of aryl methyl sites for hydroxylation is 2. The lowest BCUT2D eigenvalue weighted by atomic mass is 10.1. The lowest BCUT2D eigenvalue weighted by Crippen LogP contribution is -2.46. The Morgan fingerprint density at radius 1 is 1.55 bits per heavy atom. The maximum absolute atomic E-state index is 11.5. The second-order valence-electron chi connectivity index (χ2n) is 5.16. The number of nitrogens with zero attached hydrogens (tertiary/aromatic N) is 1. The second-order valence-corrected chi connectivity index (χ2v) is 5.16. The fourth-order valence-corrected chi connectivity index (χ4v) is 2.35. The summed E-state index contributed by atoms with van der Waals surface area (Å²) in [6, 6.07) is 1.81. The summed E-state index contributed by atoms with van der Waals surface area (Å²) in [6.07, 6.45) is 0.0993. The van der Waals surface area contributed by atoms with Gasteiger partial charge in [-0.15, -0.1) is 0 Å². The minimum Gasteiger partial charge on any atom is -0.474 e. The molecule has 1 amide bonds. The van der Waals surface area contributed by atoms with E-state index >= 15 is 0 Å². The van der Waals surface area contributed by atoms with Crippen LogP contribution in [0.15, 0.2) is 6.07 Å². The van der Waals surface area contributed by atoms with Gasteiger partial charge in [-0.2, -0.15) is 0 Å². The fraction of sp³-hybridized carbons (Fsp3) is 0.571. The third-order valence-corrected chi connectivity index (χ3v) is 3.19. The highest BCUT2D eigenvalue weighted by atomic mass is 16.5. The van der Waals surface area contributed by atoms with E-state index in [-0.39, 0.29) is 18.1 Å². The first-order valence-electron chi connectivity index (χ1n) is 6.74. The van der Waals surface area contributed by atoms with Crippen molar-refractivity contribution in [2.24, 2.45) is 5.73 Å². The number of nitrogens with one attached hydrogen (secondary N) is 1. The van der Waals surface area contributed by atoms with Crippen LogP contribution in [-0.2, 0) is 4.74 Å². The lowest BCUT2D eigenvalue weighted by molar-refractivity contribution is -0.0477. The first kappa shape index (κ1) is 14.7. The summed E-state index contributed by atoms with van der Waals surface area (Å²) < 4.78 is 11.4. The van der Waals surface area contributed by atoms with Crippen molar-refractivity contribution >= 4 is 5.91 Å². The van der Waals surface area contributed by atoms with E-state index in [4.69, 9.17) is 15.2 Å². The normalized spacial score (nSPS) is 22.6. The first-order valence-corrected chi connectivity index (χ1v) is 6.74. The van der Waals surface area contributed by atoms with E-state index in [1.54, 1.807) is 0 Å². The lowest BCUT2D eigenvalue weighted by Gasteiger charge is -2.28. The molecule has 1 aromatic rings. The third kappa shape index (κ3) is 3.46. The van der Waals surface area contributed by atoms with E-state index in [0.717, 1.165) is 24.3 Å². The Morgan fingerprint density at radius 2 is 2.30 bits per heavy atom. The number of carbonyl (C=O) groups excluding carboxylic acids is 1. The van der Waals surface area contributed by atoms with Gasteiger partial charge in [0.25, 0.3) is 5.91 Å². The van der Waals surface area contributed by atoms with E-state index in [2.05, 4.69) is 10.3 Å². The van der Waals surface area contributed by atoms with Crippen LogP contribution >= 0.6 is 0 Å². The van der Waals surface area contributed by atoms with Crippen LogP contribution in [0.4, 0.5) is 0 Å². The Hall–Kier alpha value is -1.66. The number of primary amides is 1. The molecule has 6 heteroatoms. The molecule has 2 rings (SSSR count). The van der Waals surface area contributed by atoms with Crippen LogP contribution in [0, 0.1) is 13.8 Å². The molecule has 20 heavy (non-hydrogen) atoms. The van der Waals surface area contributed by atoms with E-state index in [0.29, 0.717) is 12.2 Å². The van der Waals surface area contributed by atoms with E-state index in [1.165, 1.54) is 0 Å². The predicted molar refractivity (Wildman–Crippen MR) is 74.9 cm³/mol. The molecule has 0 saturated carbocycles. The molecule has 1 fully saturated rings. The number of hydrogen-bond acceptors (Lipinski definition) is 5. The van der Waals surface area contributed by atoms with E-state index in [9.17, 15) is 4.79 Å². The molecular formula is C14H21N3O3. The van der Waals surface area contributed by atoms with Crippen molar-refractivity contribution in [3.05, 3.63) is 22.9 Å². The minimum atomic E-state index is -0.527. The summed E-state index contributed by atoms with van der Waals surface area (Å²) in [4.78, 5) is 15.8. The molecule has 2 unspecified atom stereocenters. The SMILES string of the molecule is Cc1cc(C)c(C(N)=O)c(OCC2CNCC(C)O2)n1. The van der Waals surface area contributed by atoms with Crippen molar-refractivity contribution in [2.45, 2.75) is 33.0 Å². The van der Waals surface area contributed by atoms with Gasteiger partial charge in [0, 0.05) is 18.8 Å². The van der Waals surface area contributed by atoms with Gasteiger partial charge in [-0.05, 0) is 32.4 Å². The topological polar surface area (TPSA) is 86.5 Å². The molecule has 0 aromatic carbocycles. The third-order valence-electron chi connectivity index (χ3n) is 3.19. The molecule has 1 aromatic heterocycles. The average molecular weight is 279 g/mol. The Kier molecular flexibility index (Phi) is 4.57. The Morgan fingerprint density at radius 3 is 2.95 bits per heavy atom. The molecule has 3 N–H and O–H groups in total. The molecule has 0 spiro atoms. The predicted octanol–water partition coefficient (Wildman–Crippen LogP) is 0.553. The highest BCUT2D eigenvalue weighted by molar-refractivity contribution is 5.96. The zero-order valence-corrected chi connectivity index (χ0v) is 12.1. The Balaban J connectivity index is 2.10. The number of rotatable bonds is 4. The Labute approximate surface area is 118 Å². The zero-order chi connectivity index (χ0) is 14.7. The number of morpholine rings is 1. The van der Waals surface area contributed by atoms with Crippen molar-refractivity contribution in [3.63, 3.8) is 0 Å². The summed E-state index contributed by atoms with van der Waals surface area (Å²) in [5.41, 5.74) is 7.30. The summed E-state index contributed by atoms with van der Waals surface area (Å²) in [5, 5.41) is 3.26. The van der Waals surface area contributed by atoms with Crippen LogP contribution in [0.1, 0.15) is 28.5 Å². The van der Waals surface area contributed by atoms with Crippen LogP contribution in [0.25, 0.3) is 0 Å². The number of aromatic nitrogens is 1. The van der Waals surface area contributed by atoms with E-state index in [1.807, 2.05) is 26.8 Å². The molecule has 2 heterocycles. The van der Waals surface area contributed by atoms with Crippen LogP contribution in [0.3, 0.4) is 0 Å². The number of nitrogens with two attached hydrogens (primary N) is 1. The van der Waals surface area contributed by atoms with Gasteiger partial charge < -0.3 is 20.5 Å². The number of carbonyl (C=O) groups is 1. The molecule has 6 nitrogen and oxygen atoms in total. The highest BCUT2D eigenvalue weighted by Gasteiger charge is 2.21. The Bertz CT molecular complexity index is 505. The van der Waals surface area contributed by atoms with Gasteiger partial charge in [-0.1, -0.05) is 0 Å². The van der Waals surface area contributed by atoms with Crippen LogP contribution in [-0.4, -0.2) is 42.8 Å². The van der Waals surface area contributed by atoms with E-state index < -0.39 is 5.91 Å². The van der Waals surface area contributed by atoms with Crippen molar-refractivity contribution in [3.8, 4) is 5.88 Å². The highest BCUT2D eigenvalue weighted by Crippen LogP contribution is 2.21. The quantitative estimate of drug-likeness (QED) is 0.840. The van der Waals surface area contributed by atoms with Gasteiger partial charge in [-0.3, -0.25) is 4.79 Å². The molecule has 0 aliphatic carbocycles. The monoisotopic (exact) mass is 279 g/mol. The molecule has 110 valence electrons. The molecule has 2 atom stereocenters. The summed E-state index contributed by atoms with van der Waals surface area (Å²) in [7, 11) is 0. The van der Waals surface area contributed by atoms with Crippen molar-refractivity contribution in [1.82, 2.24) is 10.3 Å². The minimum absolute atomic E-state index is 0.0536. The largest absolute Gasteiger partial charge is 0.474 e. The average Bonchev–Trinajstić information content (AvgIpc) is 2.35. The van der Waals surface area contributed by atoms with Gasteiger partial charge in [0.15, 0.2) is 0 Å². The first-order chi connectivity index (χ1) is 9.47. The number of hydrogen-bond donors (Lipinski definition) is 2. The van der Waals surface area contributed by atoms with Crippen molar-refractivity contribution in [1.29, 1.82) is 0 Å². The molecule has 1 saturated heterocycles.